The van der Waals surface area contributed by atoms with Gasteiger partial charge >= 0.3 is 5.97 Å². The maximum Gasteiger partial charge on any atom is 0.326 e. The first-order valence-corrected chi connectivity index (χ1v) is 8.83. The molecule has 0 bridgehead atoms. The molecule has 1 aromatic heterocycles. The molecule has 2 aromatic rings. The summed E-state index contributed by atoms with van der Waals surface area (Å²) in [5.41, 5.74) is 0.777. The van der Waals surface area contributed by atoms with E-state index in [-0.39, 0.29) is 24.3 Å². The Labute approximate surface area is 150 Å². The van der Waals surface area contributed by atoms with E-state index in [0.29, 0.717) is 5.01 Å². The van der Waals surface area contributed by atoms with Crippen molar-refractivity contribution in [1.29, 1.82) is 0 Å². The van der Waals surface area contributed by atoms with E-state index in [1.807, 2.05) is 51.1 Å². The van der Waals surface area contributed by atoms with E-state index >= 15 is 0 Å². The molecule has 1 unspecified atom stereocenters. The van der Waals surface area contributed by atoms with Gasteiger partial charge in [-0.2, -0.15) is 0 Å². The zero-order valence-corrected chi connectivity index (χ0v) is 15.3. The van der Waals surface area contributed by atoms with Crippen molar-refractivity contribution in [2.24, 2.45) is 0 Å². The first-order chi connectivity index (χ1) is 11.8. The molecule has 1 amide bonds. The molecule has 134 valence electrons. The highest BCUT2D eigenvalue weighted by molar-refractivity contribution is 7.13. The largest absolute Gasteiger partial charge is 0.480 e. The summed E-state index contributed by atoms with van der Waals surface area (Å²) in [5.74, 6) is -1.59. The second-order valence-corrected chi connectivity index (χ2v) is 7.38. The Kier molecular flexibility index (Phi) is 6.27. The number of hydrogen-bond acceptors (Lipinski definition) is 5. The number of thiazole rings is 1. The monoisotopic (exact) mass is 362 g/mol. The second kappa shape index (κ2) is 8.22. The minimum Gasteiger partial charge on any atom is -0.480 e. The molecule has 1 atom stereocenters. The normalized spacial score (nSPS) is 12.6. The Bertz CT molecular complexity index is 722. The Balaban J connectivity index is 1.99. The zero-order valence-electron chi connectivity index (χ0n) is 14.5. The molecule has 0 radical (unpaired) electrons. The first-order valence-electron chi connectivity index (χ1n) is 7.95. The third-order valence-electron chi connectivity index (χ3n) is 3.30. The van der Waals surface area contributed by atoms with Crippen molar-refractivity contribution in [3.8, 4) is 10.6 Å². The molecular weight excluding hydrogens is 340 g/mol. The van der Waals surface area contributed by atoms with Gasteiger partial charge in [0.2, 0.25) is 0 Å². The fourth-order valence-electron chi connectivity index (χ4n) is 2.06. The number of carbonyl (C=O) groups is 2. The van der Waals surface area contributed by atoms with Gasteiger partial charge in [-0.25, -0.2) is 9.78 Å². The molecule has 0 fully saturated rings. The van der Waals surface area contributed by atoms with Crippen LogP contribution in [-0.2, 0) is 9.53 Å². The van der Waals surface area contributed by atoms with E-state index in [4.69, 9.17) is 4.74 Å². The van der Waals surface area contributed by atoms with E-state index in [9.17, 15) is 14.7 Å². The molecule has 2 N–H and O–H groups in total. The SMILES string of the molecule is CC(C)(C)OCCC(NC(=O)c1csc(-c2ccccc2)n1)C(=O)O. The summed E-state index contributed by atoms with van der Waals surface area (Å²) in [6, 6.07) is 8.49. The molecule has 0 saturated heterocycles. The third-order valence-corrected chi connectivity index (χ3v) is 4.19. The molecule has 0 saturated carbocycles. The van der Waals surface area contributed by atoms with Gasteiger partial charge in [-0.05, 0) is 20.8 Å². The summed E-state index contributed by atoms with van der Waals surface area (Å²) in [6.07, 6.45) is 0.189. The lowest BCUT2D eigenvalue weighted by molar-refractivity contribution is -0.140. The molecule has 1 aromatic carbocycles. The maximum atomic E-state index is 12.3. The van der Waals surface area contributed by atoms with Crippen molar-refractivity contribution < 1.29 is 19.4 Å². The fraction of sp³-hybridized carbons (Fsp3) is 0.389. The van der Waals surface area contributed by atoms with Crippen molar-refractivity contribution in [2.45, 2.75) is 38.8 Å². The number of aromatic nitrogens is 1. The molecule has 7 heteroatoms. The number of rotatable bonds is 7. The lowest BCUT2D eigenvalue weighted by atomic mass is 10.1. The number of hydrogen-bond donors (Lipinski definition) is 2. The van der Waals surface area contributed by atoms with Crippen molar-refractivity contribution in [3.05, 3.63) is 41.4 Å². The smallest absolute Gasteiger partial charge is 0.326 e. The Hall–Kier alpha value is -2.25. The van der Waals surface area contributed by atoms with Gasteiger partial charge in [-0.1, -0.05) is 30.3 Å². The van der Waals surface area contributed by atoms with Gasteiger partial charge < -0.3 is 15.2 Å². The van der Waals surface area contributed by atoms with Crippen molar-refractivity contribution in [3.63, 3.8) is 0 Å². The number of carboxylic acid groups (broad SMARTS) is 1. The van der Waals surface area contributed by atoms with E-state index in [0.717, 1.165) is 5.56 Å². The number of nitrogens with one attached hydrogen (secondary N) is 1. The van der Waals surface area contributed by atoms with E-state index in [1.165, 1.54) is 11.3 Å². The Morgan fingerprint density at radius 1 is 1.28 bits per heavy atom. The number of ether oxygens (including phenoxy) is 1. The summed E-state index contributed by atoms with van der Waals surface area (Å²) < 4.78 is 5.53. The van der Waals surface area contributed by atoms with Gasteiger partial charge in [0.25, 0.3) is 5.91 Å². The van der Waals surface area contributed by atoms with Gasteiger partial charge in [0.15, 0.2) is 0 Å². The number of amides is 1. The number of nitrogens with zero attached hydrogens (tertiary/aromatic N) is 1. The lowest BCUT2D eigenvalue weighted by Gasteiger charge is -2.21. The summed E-state index contributed by atoms with van der Waals surface area (Å²) in [4.78, 5) is 27.9. The van der Waals surface area contributed by atoms with E-state index in [1.54, 1.807) is 5.38 Å². The van der Waals surface area contributed by atoms with Gasteiger partial charge in [0.05, 0.1) is 5.60 Å². The highest BCUT2D eigenvalue weighted by Gasteiger charge is 2.23. The van der Waals surface area contributed by atoms with Crippen LogP contribution in [0.25, 0.3) is 10.6 Å². The van der Waals surface area contributed by atoms with Crippen molar-refractivity contribution in [1.82, 2.24) is 10.3 Å². The molecule has 0 spiro atoms. The van der Waals surface area contributed by atoms with E-state index < -0.39 is 17.9 Å². The average Bonchev–Trinajstić information content (AvgIpc) is 3.03. The summed E-state index contributed by atoms with van der Waals surface area (Å²) in [5, 5.41) is 14.1. The second-order valence-electron chi connectivity index (χ2n) is 6.52. The number of benzene rings is 1. The summed E-state index contributed by atoms with van der Waals surface area (Å²) in [7, 11) is 0. The number of aliphatic carboxylic acids is 1. The molecule has 0 aliphatic heterocycles. The lowest BCUT2D eigenvalue weighted by Crippen LogP contribution is -2.42. The van der Waals surface area contributed by atoms with Gasteiger partial charge in [0, 0.05) is 24.0 Å². The molecule has 1 heterocycles. The minimum atomic E-state index is -1.09. The maximum absolute atomic E-state index is 12.3. The quantitative estimate of drug-likeness (QED) is 0.790. The Morgan fingerprint density at radius 2 is 1.96 bits per heavy atom. The number of carbonyl (C=O) groups excluding carboxylic acids is 1. The van der Waals surface area contributed by atoms with Crippen molar-refractivity contribution in [2.75, 3.05) is 6.61 Å². The van der Waals surface area contributed by atoms with Gasteiger partial charge in [-0.15, -0.1) is 11.3 Å². The van der Waals surface area contributed by atoms with Crippen molar-refractivity contribution >= 4 is 23.2 Å². The van der Waals surface area contributed by atoms with Crippen LogP contribution >= 0.6 is 11.3 Å². The van der Waals surface area contributed by atoms with Crippen LogP contribution in [0.5, 0.6) is 0 Å². The van der Waals surface area contributed by atoms with Gasteiger partial charge in [0.1, 0.15) is 16.7 Å². The molecule has 2 rings (SSSR count). The Morgan fingerprint density at radius 3 is 2.56 bits per heavy atom. The van der Waals surface area contributed by atoms with E-state index in [2.05, 4.69) is 10.3 Å². The summed E-state index contributed by atoms with van der Waals surface area (Å²) >= 11 is 1.34. The minimum absolute atomic E-state index is 0.189. The zero-order chi connectivity index (χ0) is 18.4. The predicted molar refractivity (Wildman–Crippen MR) is 96.8 cm³/mol. The third kappa shape index (κ3) is 5.95. The topological polar surface area (TPSA) is 88.5 Å². The molecule has 0 aliphatic rings. The van der Waals surface area contributed by atoms with Crippen LogP contribution in [0.3, 0.4) is 0 Å². The van der Waals surface area contributed by atoms with Crippen LogP contribution in [0, 0.1) is 0 Å². The summed E-state index contributed by atoms with van der Waals surface area (Å²) in [6.45, 7) is 5.91. The molecule has 0 aliphatic carbocycles. The van der Waals surface area contributed by atoms with Crippen LogP contribution in [0.4, 0.5) is 0 Å². The molecule has 6 nitrogen and oxygen atoms in total. The van der Waals surface area contributed by atoms with Crippen LogP contribution in [0.2, 0.25) is 0 Å². The van der Waals surface area contributed by atoms with Crippen LogP contribution in [0.15, 0.2) is 35.7 Å². The van der Waals surface area contributed by atoms with Crippen LogP contribution in [0.1, 0.15) is 37.7 Å². The fourth-order valence-corrected chi connectivity index (χ4v) is 2.87. The van der Waals surface area contributed by atoms with Crippen LogP contribution < -0.4 is 5.32 Å². The first kappa shape index (κ1) is 19.1. The molecule has 25 heavy (non-hydrogen) atoms. The highest BCUT2D eigenvalue weighted by atomic mass is 32.1. The predicted octanol–water partition coefficient (Wildman–Crippen LogP) is 3.20. The highest BCUT2D eigenvalue weighted by Crippen LogP contribution is 2.23. The molecular formula is C18H22N2O4S. The van der Waals surface area contributed by atoms with Gasteiger partial charge in [-0.3, -0.25) is 4.79 Å². The number of carboxylic acids is 1. The van der Waals surface area contributed by atoms with Crippen LogP contribution in [-0.4, -0.2) is 40.2 Å². The standard InChI is InChI=1S/C18H22N2O4S/c1-18(2,3)24-10-9-13(17(22)23)19-15(21)14-11-25-16(20-14)12-7-5-4-6-8-12/h4-8,11,13H,9-10H2,1-3H3,(H,19,21)(H,22,23). The average molecular weight is 362 g/mol.